The van der Waals surface area contributed by atoms with Gasteiger partial charge in [0.05, 0.1) is 16.8 Å². The van der Waals surface area contributed by atoms with E-state index in [1.165, 1.54) is 30.7 Å². The second-order valence-corrected chi connectivity index (χ2v) is 7.32. The summed E-state index contributed by atoms with van der Waals surface area (Å²) in [5.41, 5.74) is 0.803. The molecular weight excluding hydrogens is 302 g/mol. The van der Waals surface area contributed by atoms with Crippen molar-refractivity contribution in [2.75, 3.05) is 6.54 Å². The maximum Gasteiger partial charge on any atom is 0.255 e. The normalized spacial score (nSPS) is 26.0. The molecule has 2 aliphatic rings. The van der Waals surface area contributed by atoms with Crippen LogP contribution in [0, 0.1) is 17.3 Å². The van der Waals surface area contributed by atoms with Crippen LogP contribution in [0.3, 0.4) is 0 Å². The van der Waals surface area contributed by atoms with Gasteiger partial charge in [-0.3, -0.25) is 9.59 Å². The average Bonchev–Trinajstić information content (AvgIpc) is 3.29. The molecule has 1 aromatic rings. The molecule has 3 rings (SSSR count). The summed E-state index contributed by atoms with van der Waals surface area (Å²) in [6.45, 7) is 6.14. The van der Waals surface area contributed by atoms with Crippen molar-refractivity contribution < 1.29 is 9.59 Å². The number of carbonyl (C=O) groups excluding carboxylic acids is 2. The maximum absolute atomic E-state index is 13.1. The molecule has 0 bridgehead atoms. The average molecular weight is 329 g/mol. The summed E-state index contributed by atoms with van der Waals surface area (Å²) >= 11 is 0. The van der Waals surface area contributed by atoms with Crippen molar-refractivity contribution in [3.05, 3.63) is 24.0 Å². The minimum atomic E-state index is -0.570. The lowest BCUT2D eigenvalue weighted by molar-refractivity contribution is -0.138. The number of nitrogens with one attached hydrogen (secondary N) is 1. The predicted octanol–water partition coefficient (Wildman–Crippen LogP) is 3.64. The number of H-pyrrole nitrogens is 1. The number of carbonyl (C=O) groups is 2. The first-order valence-electron chi connectivity index (χ1n) is 9.02. The van der Waals surface area contributed by atoms with Crippen molar-refractivity contribution >= 4 is 17.4 Å². The Balaban J connectivity index is 1.79. The molecule has 1 N–H and O–H groups in total. The minimum Gasteiger partial charge on any atom is -0.359 e. The van der Waals surface area contributed by atoms with E-state index in [-0.39, 0.29) is 18.2 Å². The van der Waals surface area contributed by atoms with Gasteiger partial charge in [0, 0.05) is 6.20 Å². The molecular formula is C19H27N3O2. The molecule has 1 saturated carbocycles. The van der Waals surface area contributed by atoms with Crippen molar-refractivity contribution in [3.8, 4) is 0 Å². The van der Waals surface area contributed by atoms with Crippen molar-refractivity contribution in [2.24, 2.45) is 22.4 Å². The highest BCUT2D eigenvalue weighted by molar-refractivity contribution is 6.12. The van der Waals surface area contributed by atoms with E-state index >= 15 is 0 Å². The highest BCUT2D eigenvalue weighted by atomic mass is 16.2. The fourth-order valence-electron chi connectivity index (χ4n) is 4.58. The molecule has 2 heterocycles. The fraction of sp³-hybridized carbons (Fsp3) is 0.632. The van der Waals surface area contributed by atoms with Gasteiger partial charge in [0.25, 0.3) is 5.91 Å². The van der Waals surface area contributed by atoms with Gasteiger partial charge in [0.1, 0.15) is 6.54 Å². The van der Waals surface area contributed by atoms with Crippen LogP contribution in [-0.2, 0) is 4.79 Å². The zero-order chi connectivity index (χ0) is 17.3. The third-order valence-electron chi connectivity index (χ3n) is 6.04. The second-order valence-electron chi connectivity index (χ2n) is 7.32. The molecule has 1 amide bonds. The number of amides is 1. The lowest BCUT2D eigenvalue weighted by Crippen LogP contribution is -2.45. The second kappa shape index (κ2) is 6.54. The van der Waals surface area contributed by atoms with Crippen molar-refractivity contribution in [3.63, 3.8) is 0 Å². The van der Waals surface area contributed by atoms with Crippen LogP contribution < -0.4 is 0 Å². The van der Waals surface area contributed by atoms with Gasteiger partial charge in [-0.05, 0) is 37.8 Å². The SMILES string of the molecule is CCC(C1CCCC1)C1(C)C(=O)N(CC(=O)c2ccc[nH]2)N=C1C. The Hall–Kier alpha value is -1.91. The van der Waals surface area contributed by atoms with E-state index in [0.29, 0.717) is 17.5 Å². The number of hydrogen-bond donors (Lipinski definition) is 1. The molecule has 0 radical (unpaired) electrons. The van der Waals surface area contributed by atoms with Crippen LogP contribution in [0.25, 0.3) is 0 Å². The molecule has 1 aliphatic carbocycles. The Morgan fingerprint density at radius 1 is 1.46 bits per heavy atom. The van der Waals surface area contributed by atoms with Gasteiger partial charge in [0.2, 0.25) is 5.78 Å². The van der Waals surface area contributed by atoms with Crippen LogP contribution in [0.2, 0.25) is 0 Å². The summed E-state index contributed by atoms with van der Waals surface area (Å²) < 4.78 is 0. The highest BCUT2D eigenvalue weighted by Crippen LogP contribution is 2.47. The van der Waals surface area contributed by atoms with E-state index in [2.05, 4.69) is 17.0 Å². The molecule has 0 saturated heterocycles. The van der Waals surface area contributed by atoms with Crippen LogP contribution in [0.15, 0.2) is 23.4 Å². The van der Waals surface area contributed by atoms with Crippen molar-refractivity contribution in [1.82, 2.24) is 9.99 Å². The number of nitrogens with zero attached hydrogens (tertiary/aromatic N) is 2. The molecule has 24 heavy (non-hydrogen) atoms. The molecule has 5 nitrogen and oxygen atoms in total. The maximum atomic E-state index is 13.1. The van der Waals surface area contributed by atoms with E-state index in [4.69, 9.17) is 0 Å². The van der Waals surface area contributed by atoms with Gasteiger partial charge in [-0.1, -0.05) is 39.0 Å². The molecule has 0 aromatic carbocycles. The van der Waals surface area contributed by atoms with Crippen LogP contribution in [0.5, 0.6) is 0 Å². The molecule has 5 heteroatoms. The highest BCUT2D eigenvalue weighted by Gasteiger charge is 2.52. The standard InChI is InChI=1S/C19H27N3O2/c1-4-15(14-8-5-6-9-14)19(3)13(2)21-22(18(19)24)12-17(23)16-10-7-11-20-16/h7,10-11,14-15,20H,4-6,8-9,12H2,1-3H3. The Bertz CT molecular complexity index is 644. The van der Waals surface area contributed by atoms with E-state index in [0.717, 1.165) is 12.1 Å². The summed E-state index contributed by atoms with van der Waals surface area (Å²) in [5, 5.41) is 5.86. The Kier molecular flexibility index (Phi) is 4.61. The first kappa shape index (κ1) is 16.9. The van der Waals surface area contributed by atoms with Crippen molar-refractivity contribution in [2.45, 2.75) is 52.9 Å². The molecule has 0 spiro atoms. The summed E-state index contributed by atoms with van der Waals surface area (Å²) in [6, 6.07) is 3.51. The quantitative estimate of drug-likeness (QED) is 0.810. The van der Waals surface area contributed by atoms with Crippen LogP contribution in [-0.4, -0.2) is 33.9 Å². The third-order valence-corrected chi connectivity index (χ3v) is 6.04. The summed E-state index contributed by atoms with van der Waals surface area (Å²) in [6.07, 6.45) is 7.61. The van der Waals surface area contributed by atoms with Crippen LogP contribution in [0.1, 0.15) is 63.4 Å². The number of ketones is 1. The summed E-state index contributed by atoms with van der Waals surface area (Å²) in [7, 11) is 0. The number of hydrogen-bond acceptors (Lipinski definition) is 3. The van der Waals surface area contributed by atoms with Gasteiger partial charge in [-0.25, -0.2) is 5.01 Å². The molecule has 1 aliphatic heterocycles. The molecule has 1 fully saturated rings. The first-order valence-corrected chi connectivity index (χ1v) is 9.02. The molecule has 2 unspecified atom stereocenters. The van der Waals surface area contributed by atoms with Gasteiger partial charge >= 0.3 is 0 Å². The Morgan fingerprint density at radius 3 is 2.75 bits per heavy atom. The van der Waals surface area contributed by atoms with E-state index < -0.39 is 5.41 Å². The summed E-state index contributed by atoms with van der Waals surface area (Å²) in [4.78, 5) is 28.4. The Morgan fingerprint density at radius 2 is 2.17 bits per heavy atom. The topological polar surface area (TPSA) is 65.5 Å². The zero-order valence-electron chi connectivity index (χ0n) is 14.8. The number of rotatable bonds is 6. The van der Waals surface area contributed by atoms with Gasteiger partial charge in [0.15, 0.2) is 0 Å². The number of hydrazone groups is 1. The summed E-state index contributed by atoms with van der Waals surface area (Å²) in [5.74, 6) is 0.775. The lowest BCUT2D eigenvalue weighted by Gasteiger charge is -2.36. The van der Waals surface area contributed by atoms with Crippen molar-refractivity contribution in [1.29, 1.82) is 0 Å². The fourth-order valence-corrected chi connectivity index (χ4v) is 4.58. The largest absolute Gasteiger partial charge is 0.359 e. The third kappa shape index (κ3) is 2.70. The van der Waals surface area contributed by atoms with E-state index in [9.17, 15) is 9.59 Å². The zero-order valence-corrected chi connectivity index (χ0v) is 14.8. The molecule has 130 valence electrons. The molecule has 2 atom stereocenters. The van der Waals surface area contributed by atoms with E-state index in [1.807, 2.05) is 13.8 Å². The molecule has 1 aromatic heterocycles. The number of aromatic amines is 1. The smallest absolute Gasteiger partial charge is 0.255 e. The van der Waals surface area contributed by atoms with Gasteiger partial charge in [-0.2, -0.15) is 5.10 Å². The van der Waals surface area contributed by atoms with Gasteiger partial charge in [-0.15, -0.1) is 0 Å². The number of aromatic nitrogens is 1. The predicted molar refractivity (Wildman–Crippen MR) is 93.8 cm³/mol. The van der Waals surface area contributed by atoms with Gasteiger partial charge < -0.3 is 4.98 Å². The monoisotopic (exact) mass is 329 g/mol. The van der Waals surface area contributed by atoms with Crippen LogP contribution in [0.4, 0.5) is 0 Å². The number of Topliss-reactive ketones (excluding diaryl/α,β-unsaturated/α-hetero) is 1. The van der Waals surface area contributed by atoms with E-state index in [1.54, 1.807) is 18.3 Å². The first-order chi connectivity index (χ1) is 11.5. The Labute approximate surface area is 143 Å². The van der Waals surface area contributed by atoms with Crippen LogP contribution >= 0.6 is 0 Å². The lowest BCUT2D eigenvalue weighted by atomic mass is 9.66. The minimum absolute atomic E-state index is 0.00732.